The zero-order valence-corrected chi connectivity index (χ0v) is 11.4. The van der Waals surface area contributed by atoms with Gasteiger partial charge in [0.05, 0.1) is 4.92 Å². The van der Waals surface area contributed by atoms with E-state index in [0.717, 1.165) is 18.2 Å². The Kier molecular flexibility index (Phi) is 4.13. The number of nitro groups is 1. The molecule has 1 aromatic carbocycles. The minimum atomic E-state index is -0.663. The van der Waals surface area contributed by atoms with Crippen LogP contribution in [0.15, 0.2) is 36.5 Å². The average molecular weight is 286 g/mol. The van der Waals surface area contributed by atoms with Crippen LogP contribution in [0.1, 0.15) is 22.8 Å². The van der Waals surface area contributed by atoms with Crippen LogP contribution in [0.3, 0.4) is 0 Å². The van der Waals surface area contributed by atoms with Crippen molar-refractivity contribution in [1.82, 2.24) is 4.98 Å². The summed E-state index contributed by atoms with van der Waals surface area (Å²) in [6.45, 7) is 2.00. The van der Waals surface area contributed by atoms with Gasteiger partial charge in [-0.05, 0) is 30.2 Å². The molecule has 7 heteroatoms. The van der Waals surface area contributed by atoms with Gasteiger partial charge in [0.2, 0.25) is 0 Å². The smallest absolute Gasteiger partial charge is 0.300 e. The van der Waals surface area contributed by atoms with E-state index < -0.39 is 10.8 Å². The summed E-state index contributed by atoms with van der Waals surface area (Å²) in [6, 6.07) is 8.46. The van der Waals surface area contributed by atoms with E-state index >= 15 is 0 Å². The molecular weight excluding hydrogens is 272 g/mol. The van der Waals surface area contributed by atoms with Crippen molar-refractivity contribution in [3.8, 4) is 0 Å². The number of nitrogen functional groups attached to an aromatic ring is 1. The fraction of sp³-hybridized carbons (Fsp3) is 0.143. The number of carbonyl (C=O) groups is 1. The number of pyridine rings is 1. The molecule has 2 rings (SSSR count). The lowest BCUT2D eigenvalue weighted by Gasteiger charge is -2.07. The van der Waals surface area contributed by atoms with Crippen LogP contribution in [0, 0.1) is 10.1 Å². The van der Waals surface area contributed by atoms with Gasteiger partial charge in [-0.3, -0.25) is 14.9 Å². The zero-order chi connectivity index (χ0) is 15.4. The van der Waals surface area contributed by atoms with Gasteiger partial charge < -0.3 is 11.1 Å². The highest BCUT2D eigenvalue weighted by Gasteiger charge is 2.21. The molecular formula is C14H14N4O3. The molecule has 0 bridgehead atoms. The molecule has 0 saturated heterocycles. The molecule has 0 aliphatic heterocycles. The second kappa shape index (κ2) is 6.00. The Morgan fingerprint density at radius 1 is 1.43 bits per heavy atom. The highest BCUT2D eigenvalue weighted by molar-refractivity contribution is 6.07. The molecule has 0 unspecified atom stereocenters. The number of benzene rings is 1. The molecule has 0 aliphatic carbocycles. The molecule has 3 N–H and O–H groups in total. The topological polar surface area (TPSA) is 111 Å². The van der Waals surface area contributed by atoms with Crippen molar-refractivity contribution in [2.24, 2.45) is 0 Å². The van der Waals surface area contributed by atoms with Gasteiger partial charge >= 0.3 is 0 Å². The Labute approximate surface area is 121 Å². The van der Waals surface area contributed by atoms with Crippen LogP contribution in [0.25, 0.3) is 0 Å². The summed E-state index contributed by atoms with van der Waals surface area (Å²) in [5, 5.41) is 13.6. The SMILES string of the molecule is CCc1cccc(NC(=O)c2cc(N)ncc2[N+](=O)[O-])c1. The maximum atomic E-state index is 12.2. The van der Waals surface area contributed by atoms with E-state index in [1.807, 2.05) is 25.1 Å². The molecule has 1 aromatic heterocycles. The fourth-order valence-corrected chi connectivity index (χ4v) is 1.86. The highest BCUT2D eigenvalue weighted by atomic mass is 16.6. The summed E-state index contributed by atoms with van der Waals surface area (Å²) in [4.78, 5) is 26.1. The number of hydrogen-bond donors (Lipinski definition) is 2. The quantitative estimate of drug-likeness (QED) is 0.662. The van der Waals surface area contributed by atoms with Crippen LogP contribution in [-0.2, 0) is 6.42 Å². The standard InChI is InChI=1S/C14H14N4O3/c1-2-9-4-3-5-10(6-9)17-14(19)11-7-13(15)16-8-12(11)18(20)21/h3-8H,2H2,1H3,(H2,15,16)(H,17,19). The Hall–Kier alpha value is -2.96. The highest BCUT2D eigenvalue weighted by Crippen LogP contribution is 2.21. The van der Waals surface area contributed by atoms with E-state index in [0.29, 0.717) is 5.69 Å². The maximum absolute atomic E-state index is 12.2. The first-order valence-corrected chi connectivity index (χ1v) is 6.31. The third kappa shape index (κ3) is 3.33. The van der Waals surface area contributed by atoms with E-state index in [9.17, 15) is 14.9 Å². The second-order valence-electron chi connectivity index (χ2n) is 4.39. The number of hydrogen-bond acceptors (Lipinski definition) is 5. The summed E-state index contributed by atoms with van der Waals surface area (Å²) in [7, 11) is 0. The second-order valence-corrected chi connectivity index (χ2v) is 4.39. The maximum Gasteiger partial charge on any atom is 0.300 e. The zero-order valence-electron chi connectivity index (χ0n) is 11.4. The number of amides is 1. The Morgan fingerprint density at radius 2 is 2.19 bits per heavy atom. The van der Waals surface area contributed by atoms with Gasteiger partial charge in [0.15, 0.2) is 0 Å². The summed E-state index contributed by atoms with van der Waals surface area (Å²) in [6.07, 6.45) is 1.80. The minimum absolute atomic E-state index is 0.0491. The van der Waals surface area contributed by atoms with Crippen molar-refractivity contribution in [2.45, 2.75) is 13.3 Å². The van der Waals surface area contributed by atoms with Gasteiger partial charge in [0.25, 0.3) is 11.6 Å². The number of anilines is 2. The predicted molar refractivity (Wildman–Crippen MR) is 79.1 cm³/mol. The third-order valence-corrected chi connectivity index (χ3v) is 2.94. The number of aryl methyl sites for hydroxylation is 1. The first kappa shape index (κ1) is 14.4. The third-order valence-electron chi connectivity index (χ3n) is 2.94. The molecule has 0 aliphatic rings. The Balaban J connectivity index is 2.31. The Bertz CT molecular complexity index is 700. The van der Waals surface area contributed by atoms with Crippen molar-refractivity contribution in [1.29, 1.82) is 0 Å². The summed E-state index contributed by atoms with van der Waals surface area (Å²) in [5.74, 6) is -0.544. The molecule has 108 valence electrons. The molecule has 2 aromatic rings. The van der Waals surface area contributed by atoms with E-state index in [-0.39, 0.29) is 17.1 Å². The average Bonchev–Trinajstić information content (AvgIpc) is 2.47. The van der Waals surface area contributed by atoms with Crippen molar-refractivity contribution in [3.05, 3.63) is 57.8 Å². The fourth-order valence-electron chi connectivity index (χ4n) is 1.86. The molecule has 0 spiro atoms. The number of aromatic nitrogens is 1. The normalized spacial score (nSPS) is 10.1. The van der Waals surface area contributed by atoms with Gasteiger partial charge in [0.1, 0.15) is 17.6 Å². The minimum Gasteiger partial charge on any atom is -0.384 e. The van der Waals surface area contributed by atoms with E-state index in [1.54, 1.807) is 6.07 Å². The predicted octanol–water partition coefficient (Wildman–Crippen LogP) is 2.39. The van der Waals surface area contributed by atoms with E-state index in [2.05, 4.69) is 10.3 Å². The largest absolute Gasteiger partial charge is 0.384 e. The molecule has 0 atom stereocenters. The van der Waals surface area contributed by atoms with E-state index in [1.165, 1.54) is 6.07 Å². The lowest BCUT2D eigenvalue weighted by atomic mass is 10.1. The number of rotatable bonds is 4. The molecule has 1 heterocycles. The summed E-state index contributed by atoms with van der Waals surface area (Å²) in [5.41, 5.74) is 6.62. The monoisotopic (exact) mass is 286 g/mol. The molecule has 21 heavy (non-hydrogen) atoms. The van der Waals surface area contributed by atoms with Gasteiger partial charge in [-0.1, -0.05) is 19.1 Å². The van der Waals surface area contributed by atoms with Crippen molar-refractivity contribution >= 4 is 23.1 Å². The molecule has 0 fully saturated rings. The summed E-state index contributed by atoms with van der Waals surface area (Å²) < 4.78 is 0. The number of nitrogens with two attached hydrogens (primary N) is 1. The van der Waals surface area contributed by atoms with Crippen LogP contribution in [0.5, 0.6) is 0 Å². The van der Waals surface area contributed by atoms with Gasteiger partial charge in [0, 0.05) is 5.69 Å². The van der Waals surface area contributed by atoms with Gasteiger partial charge in [-0.2, -0.15) is 0 Å². The molecule has 0 radical (unpaired) electrons. The van der Waals surface area contributed by atoms with Gasteiger partial charge in [-0.15, -0.1) is 0 Å². The van der Waals surface area contributed by atoms with Crippen LogP contribution in [0.2, 0.25) is 0 Å². The Morgan fingerprint density at radius 3 is 2.86 bits per heavy atom. The number of nitrogens with one attached hydrogen (secondary N) is 1. The molecule has 7 nitrogen and oxygen atoms in total. The van der Waals surface area contributed by atoms with Crippen LogP contribution < -0.4 is 11.1 Å². The van der Waals surface area contributed by atoms with Crippen molar-refractivity contribution in [2.75, 3.05) is 11.1 Å². The number of nitrogens with zero attached hydrogens (tertiary/aromatic N) is 2. The van der Waals surface area contributed by atoms with Crippen LogP contribution >= 0.6 is 0 Å². The molecule has 1 amide bonds. The van der Waals surface area contributed by atoms with Gasteiger partial charge in [-0.25, -0.2) is 4.98 Å². The van der Waals surface area contributed by atoms with Crippen LogP contribution in [0.4, 0.5) is 17.2 Å². The van der Waals surface area contributed by atoms with Crippen LogP contribution in [-0.4, -0.2) is 15.8 Å². The summed E-state index contributed by atoms with van der Waals surface area (Å²) >= 11 is 0. The lowest BCUT2D eigenvalue weighted by Crippen LogP contribution is -2.15. The number of carbonyl (C=O) groups excluding carboxylic acids is 1. The van der Waals surface area contributed by atoms with Crippen molar-refractivity contribution < 1.29 is 9.72 Å². The van der Waals surface area contributed by atoms with Crippen molar-refractivity contribution in [3.63, 3.8) is 0 Å². The first-order chi connectivity index (χ1) is 10.0. The lowest BCUT2D eigenvalue weighted by molar-refractivity contribution is -0.385. The molecule has 0 saturated carbocycles. The van der Waals surface area contributed by atoms with E-state index in [4.69, 9.17) is 5.73 Å². The first-order valence-electron chi connectivity index (χ1n) is 6.31.